The number of rotatable bonds is 0. The fourth-order valence-electron chi connectivity index (χ4n) is 3.38. The normalized spacial score (nSPS) is 18.8. The monoisotopic (exact) mass is 422 g/mol. The summed E-state index contributed by atoms with van der Waals surface area (Å²) >= 11 is 3.35. The fraction of sp³-hybridized carbons (Fsp3) is 0.611. The van der Waals surface area contributed by atoms with Crippen molar-refractivity contribution < 1.29 is 14.3 Å². The maximum absolute atomic E-state index is 12.3. The van der Waals surface area contributed by atoms with Gasteiger partial charge in [-0.25, -0.2) is 9.78 Å². The molecular formula is C18H23BrN4O3. The van der Waals surface area contributed by atoms with Gasteiger partial charge in [-0.3, -0.25) is 0 Å². The van der Waals surface area contributed by atoms with Crippen LogP contribution in [-0.4, -0.2) is 53.9 Å². The van der Waals surface area contributed by atoms with E-state index in [9.17, 15) is 10.1 Å². The lowest BCUT2D eigenvalue weighted by atomic mass is 9.85. The van der Waals surface area contributed by atoms with E-state index in [0.29, 0.717) is 41.3 Å². The van der Waals surface area contributed by atoms with Gasteiger partial charge in [0.25, 0.3) is 0 Å². The Morgan fingerprint density at radius 3 is 2.65 bits per heavy atom. The molecule has 3 rings (SSSR count). The first-order valence-electron chi connectivity index (χ1n) is 8.60. The van der Waals surface area contributed by atoms with Gasteiger partial charge >= 0.3 is 6.09 Å². The van der Waals surface area contributed by atoms with E-state index in [0.717, 1.165) is 12.8 Å². The number of pyridine rings is 1. The summed E-state index contributed by atoms with van der Waals surface area (Å²) in [4.78, 5) is 20.6. The van der Waals surface area contributed by atoms with Crippen molar-refractivity contribution in [1.82, 2.24) is 9.88 Å². The standard InChI is InChI=1S/C18H23BrN4O3/c1-17(2,3)26-16(24)23-7-5-18(6-8-23)11-25-14-12(9-20)13(19)10-21-15(14)22(18)4/h10H,5-8,11H2,1-4H3. The maximum atomic E-state index is 12.3. The zero-order valence-corrected chi connectivity index (χ0v) is 17.1. The van der Waals surface area contributed by atoms with Crippen LogP contribution in [0.15, 0.2) is 10.7 Å². The number of carbonyl (C=O) groups is 1. The number of nitriles is 1. The van der Waals surface area contributed by atoms with Crippen LogP contribution >= 0.6 is 15.9 Å². The summed E-state index contributed by atoms with van der Waals surface area (Å²) < 4.78 is 12.1. The van der Waals surface area contributed by atoms with Crippen molar-refractivity contribution in [1.29, 1.82) is 5.26 Å². The SMILES string of the molecule is CN1c2ncc(Br)c(C#N)c2OCC12CCN(C(=O)OC(C)(C)C)CC2. The molecule has 8 heteroatoms. The molecule has 0 atom stereocenters. The highest BCUT2D eigenvalue weighted by molar-refractivity contribution is 9.10. The van der Waals surface area contributed by atoms with Crippen molar-refractivity contribution in [2.75, 3.05) is 31.6 Å². The number of amides is 1. The van der Waals surface area contributed by atoms with Gasteiger partial charge in [-0.15, -0.1) is 0 Å². The molecule has 1 saturated heterocycles. The van der Waals surface area contributed by atoms with Crippen LogP contribution in [0.2, 0.25) is 0 Å². The topological polar surface area (TPSA) is 78.7 Å². The van der Waals surface area contributed by atoms with Gasteiger partial charge in [-0.2, -0.15) is 5.26 Å². The summed E-state index contributed by atoms with van der Waals surface area (Å²) in [7, 11) is 1.98. The van der Waals surface area contributed by atoms with Gasteiger partial charge in [-0.1, -0.05) is 0 Å². The molecule has 7 nitrogen and oxygen atoms in total. The lowest BCUT2D eigenvalue weighted by molar-refractivity contribution is 0.0127. The molecule has 3 heterocycles. The molecule has 1 aromatic rings. The molecule has 1 amide bonds. The third kappa shape index (κ3) is 3.32. The van der Waals surface area contributed by atoms with Crippen LogP contribution in [0.25, 0.3) is 0 Å². The number of hydrogen-bond donors (Lipinski definition) is 0. The molecule has 0 saturated carbocycles. The van der Waals surface area contributed by atoms with Crippen molar-refractivity contribution in [3.05, 3.63) is 16.2 Å². The Morgan fingerprint density at radius 1 is 1.42 bits per heavy atom. The lowest BCUT2D eigenvalue weighted by Gasteiger charge is -2.50. The third-order valence-corrected chi connectivity index (χ3v) is 5.54. The number of likely N-dealkylation sites (tertiary alicyclic amines) is 1. The van der Waals surface area contributed by atoms with Gasteiger partial charge in [0, 0.05) is 26.3 Å². The Balaban J connectivity index is 1.76. The van der Waals surface area contributed by atoms with E-state index in [1.54, 1.807) is 11.1 Å². The molecule has 0 aliphatic carbocycles. The Kier molecular flexibility index (Phi) is 4.78. The highest BCUT2D eigenvalue weighted by Gasteiger charge is 2.45. The second-order valence-corrected chi connectivity index (χ2v) is 8.64. The summed E-state index contributed by atoms with van der Waals surface area (Å²) in [6.45, 7) is 7.26. The Bertz CT molecular complexity index is 761. The first kappa shape index (κ1) is 18.8. The highest BCUT2D eigenvalue weighted by atomic mass is 79.9. The number of ether oxygens (including phenoxy) is 2. The molecule has 0 radical (unpaired) electrons. The number of carbonyl (C=O) groups excluding carboxylic acids is 1. The number of likely N-dealkylation sites (N-methyl/N-ethyl adjacent to an activating group) is 1. The average Bonchev–Trinajstić information content (AvgIpc) is 2.57. The molecule has 1 aromatic heterocycles. The number of aromatic nitrogens is 1. The van der Waals surface area contributed by atoms with E-state index in [-0.39, 0.29) is 11.6 Å². The number of piperidine rings is 1. The molecule has 2 aliphatic rings. The van der Waals surface area contributed by atoms with Gasteiger partial charge in [-0.05, 0) is 49.5 Å². The predicted octanol–water partition coefficient (Wildman–Crippen LogP) is 3.31. The van der Waals surface area contributed by atoms with Crippen LogP contribution in [-0.2, 0) is 4.74 Å². The number of fused-ring (bicyclic) bond motifs is 1. The molecule has 1 spiro atoms. The second-order valence-electron chi connectivity index (χ2n) is 7.79. The quantitative estimate of drug-likeness (QED) is 0.637. The third-order valence-electron chi connectivity index (χ3n) is 4.94. The van der Waals surface area contributed by atoms with E-state index in [2.05, 4.69) is 31.9 Å². The van der Waals surface area contributed by atoms with Crippen LogP contribution < -0.4 is 9.64 Å². The zero-order valence-electron chi connectivity index (χ0n) is 15.5. The van der Waals surface area contributed by atoms with Crippen molar-refractivity contribution in [3.63, 3.8) is 0 Å². The largest absolute Gasteiger partial charge is 0.486 e. The molecule has 0 unspecified atom stereocenters. The summed E-state index contributed by atoms with van der Waals surface area (Å²) in [6.07, 6.45) is 2.86. The summed E-state index contributed by atoms with van der Waals surface area (Å²) in [5.74, 6) is 1.19. The Hall–Kier alpha value is -2.01. The van der Waals surface area contributed by atoms with Crippen molar-refractivity contribution in [2.24, 2.45) is 0 Å². The van der Waals surface area contributed by atoms with Crippen LogP contribution in [0.4, 0.5) is 10.6 Å². The molecule has 0 N–H and O–H groups in total. The predicted molar refractivity (Wildman–Crippen MR) is 100 cm³/mol. The van der Waals surface area contributed by atoms with Crippen LogP contribution in [0, 0.1) is 11.3 Å². The van der Waals surface area contributed by atoms with Gasteiger partial charge in [0.15, 0.2) is 11.6 Å². The smallest absolute Gasteiger partial charge is 0.410 e. The number of hydrogen-bond acceptors (Lipinski definition) is 6. The van der Waals surface area contributed by atoms with E-state index >= 15 is 0 Å². The second kappa shape index (κ2) is 6.62. The molecule has 1 fully saturated rings. The molecule has 0 bridgehead atoms. The molecule has 0 aromatic carbocycles. The molecule has 26 heavy (non-hydrogen) atoms. The van der Waals surface area contributed by atoms with Gasteiger partial charge < -0.3 is 19.3 Å². The highest BCUT2D eigenvalue weighted by Crippen LogP contribution is 2.43. The summed E-state index contributed by atoms with van der Waals surface area (Å²) in [6, 6.07) is 2.17. The maximum Gasteiger partial charge on any atom is 0.410 e. The van der Waals surface area contributed by atoms with Crippen molar-refractivity contribution in [3.8, 4) is 11.8 Å². The van der Waals surface area contributed by atoms with Crippen LogP contribution in [0.3, 0.4) is 0 Å². The molecule has 2 aliphatic heterocycles. The van der Waals surface area contributed by atoms with E-state index in [1.165, 1.54) is 0 Å². The van der Waals surface area contributed by atoms with Gasteiger partial charge in [0.05, 0.1) is 10.0 Å². The van der Waals surface area contributed by atoms with Crippen LogP contribution in [0.5, 0.6) is 5.75 Å². The van der Waals surface area contributed by atoms with Gasteiger partial charge in [0.1, 0.15) is 23.8 Å². The van der Waals surface area contributed by atoms with E-state index in [4.69, 9.17) is 9.47 Å². The van der Waals surface area contributed by atoms with E-state index < -0.39 is 5.60 Å². The molecule has 140 valence electrons. The summed E-state index contributed by atoms with van der Waals surface area (Å²) in [5, 5.41) is 9.39. The first-order valence-corrected chi connectivity index (χ1v) is 9.39. The minimum absolute atomic E-state index is 0.237. The number of halogens is 1. The zero-order chi connectivity index (χ0) is 19.1. The Morgan fingerprint density at radius 2 is 2.08 bits per heavy atom. The van der Waals surface area contributed by atoms with Gasteiger partial charge in [0.2, 0.25) is 0 Å². The molecular weight excluding hydrogens is 400 g/mol. The fourth-order valence-corrected chi connectivity index (χ4v) is 3.75. The Labute approximate surface area is 162 Å². The minimum atomic E-state index is -0.499. The lowest BCUT2D eigenvalue weighted by Crippen LogP contribution is -2.60. The first-order chi connectivity index (χ1) is 12.2. The number of nitrogens with zero attached hydrogens (tertiary/aromatic N) is 4. The van der Waals surface area contributed by atoms with E-state index in [1.807, 2.05) is 27.8 Å². The summed E-state index contributed by atoms with van der Waals surface area (Å²) in [5.41, 5.74) is -0.275. The van der Waals surface area contributed by atoms with Crippen LogP contribution in [0.1, 0.15) is 39.2 Å². The minimum Gasteiger partial charge on any atom is -0.486 e. The van der Waals surface area contributed by atoms with Crippen molar-refractivity contribution in [2.45, 2.75) is 44.8 Å². The average molecular weight is 423 g/mol. The number of anilines is 1. The van der Waals surface area contributed by atoms with Crippen molar-refractivity contribution >= 4 is 27.8 Å².